The molecule has 0 aliphatic carbocycles. The summed E-state index contributed by atoms with van der Waals surface area (Å²) in [4.78, 5) is 8.05. The first-order chi connectivity index (χ1) is 14.8. The largest absolute Gasteiger partial charge is 0.497 e. The number of H-pyrrole nitrogens is 1. The number of hydrogen-bond donors (Lipinski definition) is 1. The van der Waals surface area contributed by atoms with Gasteiger partial charge in [-0.1, -0.05) is 36.4 Å². The predicted molar refractivity (Wildman–Crippen MR) is 120 cm³/mol. The first kappa shape index (κ1) is 18.3. The Morgan fingerprint density at radius 2 is 1.80 bits per heavy atom. The molecular weight excluding hydrogens is 372 g/mol. The van der Waals surface area contributed by atoms with Gasteiger partial charge in [-0.2, -0.15) is 0 Å². The number of ether oxygens (including phenoxy) is 2. The van der Waals surface area contributed by atoms with Crippen molar-refractivity contribution in [2.45, 2.75) is 13.0 Å². The number of fused-ring (bicyclic) bond motifs is 2. The minimum Gasteiger partial charge on any atom is -0.497 e. The molecule has 2 aromatic heterocycles. The van der Waals surface area contributed by atoms with E-state index in [2.05, 4.69) is 52.6 Å². The third-order valence-electron chi connectivity index (χ3n) is 5.31. The van der Waals surface area contributed by atoms with Gasteiger partial charge in [0.05, 0.1) is 18.3 Å². The molecule has 0 aliphatic rings. The molecule has 0 aliphatic heterocycles. The Morgan fingerprint density at radius 3 is 2.73 bits per heavy atom. The van der Waals surface area contributed by atoms with Crippen LogP contribution in [0.15, 0.2) is 85.1 Å². The summed E-state index contributed by atoms with van der Waals surface area (Å²) >= 11 is 0. The van der Waals surface area contributed by atoms with E-state index in [0.717, 1.165) is 40.0 Å². The number of benzene rings is 3. The molecular formula is C26H22N2O2. The zero-order chi connectivity index (χ0) is 20.3. The number of aromatic amines is 1. The van der Waals surface area contributed by atoms with Crippen LogP contribution in [0.25, 0.3) is 21.8 Å². The predicted octanol–water partition coefficient (Wildman–Crippen LogP) is 5.89. The normalized spacial score (nSPS) is 11.1. The van der Waals surface area contributed by atoms with Crippen molar-refractivity contribution in [1.29, 1.82) is 0 Å². The summed E-state index contributed by atoms with van der Waals surface area (Å²) in [7, 11) is 1.69. The number of para-hydroxylation sites is 1. The Balaban J connectivity index is 1.36. The number of aromatic nitrogens is 2. The van der Waals surface area contributed by atoms with Crippen LogP contribution in [0.3, 0.4) is 0 Å². The van der Waals surface area contributed by atoms with Crippen LogP contribution in [-0.2, 0) is 13.0 Å². The number of nitrogens with one attached hydrogen (secondary N) is 1. The van der Waals surface area contributed by atoms with E-state index in [1.807, 2.05) is 42.5 Å². The molecule has 0 saturated carbocycles. The Bertz CT molecular complexity index is 1320. The number of nitrogens with zero attached hydrogens (tertiary/aromatic N) is 1. The van der Waals surface area contributed by atoms with E-state index >= 15 is 0 Å². The monoisotopic (exact) mass is 394 g/mol. The lowest BCUT2D eigenvalue weighted by atomic mass is 10.0. The second-order valence-electron chi connectivity index (χ2n) is 7.33. The Kier molecular flexibility index (Phi) is 4.81. The molecule has 0 spiro atoms. The van der Waals surface area contributed by atoms with Crippen molar-refractivity contribution in [3.63, 3.8) is 0 Å². The lowest BCUT2D eigenvalue weighted by molar-refractivity contribution is 0.302. The van der Waals surface area contributed by atoms with Gasteiger partial charge in [0.25, 0.3) is 0 Å². The second kappa shape index (κ2) is 7.91. The van der Waals surface area contributed by atoms with E-state index in [0.29, 0.717) is 6.61 Å². The summed E-state index contributed by atoms with van der Waals surface area (Å²) in [5.41, 5.74) is 5.44. The van der Waals surface area contributed by atoms with Crippen LogP contribution in [0.1, 0.15) is 16.8 Å². The van der Waals surface area contributed by atoms with Gasteiger partial charge in [0.2, 0.25) is 0 Å². The summed E-state index contributed by atoms with van der Waals surface area (Å²) < 4.78 is 11.4. The van der Waals surface area contributed by atoms with E-state index in [-0.39, 0.29) is 0 Å². The van der Waals surface area contributed by atoms with Crippen molar-refractivity contribution >= 4 is 21.8 Å². The number of rotatable bonds is 6. The number of methoxy groups -OCH3 is 1. The van der Waals surface area contributed by atoms with E-state index in [9.17, 15) is 0 Å². The first-order valence-corrected chi connectivity index (χ1v) is 9.99. The molecule has 3 aromatic carbocycles. The molecule has 148 valence electrons. The van der Waals surface area contributed by atoms with Crippen molar-refractivity contribution < 1.29 is 9.47 Å². The van der Waals surface area contributed by atoms with Crippen molar-refractivity contribution in [3.8, 4) is 11.5 Å². The smallest absolute Gasteiger partial charge is 0.130 e. The molecule has 4 heteroatoms. The molecule has 0 fully saturated rings. The van der Waals surface area contributed by atoms with E-state index in [4.69, 9.17) is 9.47 Å². The molecule has 0 amide bonds. The van der Waals surface area contributed by atoms with Gasteiger partial charge in [0.1, 0.15) is 18.1 Å². The fourth-order valence-electron chi connectivity index (χ4n) is 3.74. The van der Waals surface area contributed by atoms with Crippen LogP contribution in [0.5, 0.6) is 11.5 Å². The van der Waals surface area contributed by atoms with E-state index in [1.54, 1.807) is 7.11 Å². The number of pyridine rings is 1. The van der Waals surface area contributed by atoms with Gasteiger partial charge in [0.15, 0.2) is 0 Å². The molecule has 0 unspecified atom stereocenters. The van der Waals surface area contributed by atoms with Gasteiger partial charge in [0, 0.05) is 22.5 Å². The summed E-state index contributed by atoms with van der Waals surface area (Å²) in [5, 5.41) is 2.30. The maximum atomic E-state index is 6.06. The zero-order valence-corrected chi connectivity index (χ0v) is 16.8. The average Bonchev–Trinajstić information content (AvgIpc) is 3.19. The van der Waals surface area contributed by atoms with Crippen LogP contribution in [0.2, 0.25) is 0 Å². The van der Waals surface area contributed by atoms with Crippen molar-refractivity contribution in [2.24, 2.45) is 0 Å². The molecule has 1 N–H and O–H groups in total. The van der Waals surface area contributed by atoms with Crippen LogP contribution in [-0.4, -0.2) is 17.1 Å². The van der Waals surface area contributed by atoms with Gasteiger partial charge < -0.3 is 14.5 Å². The molecule has 0 atom stereocenters. The maximum Gasteiger partial charge on any atom is 0.130 e. The minimum atomic E-state index is 0.436. The quantitative estimate of drug-likeness (QED) is 0.390. The van der Waals surface area contributed by atoms with Gasteiger partial charge in [-0.3, -0.25) is 0 Å². The fraction of sp³-hybridized carbons (Fsp3) is 0.115. The highest BCUT2D eigenvalue weighted by Gasteiger charge is 2.08. The lowest BCUT2D eigenvalue weighted by Crippen LogP contribution is -1.98. The van der Waals surface area contributed by atoms with E-state index in [1.165, 1.54) is 16.5 Å². The zero-order valence-electron chi connectivity index (χ0n) is 16.8. The molecule has 0 radical (unpaired) electrons. The van der Waals surface area contributed by atoms with Crippen molar-refractivity contribution in [2.75, 3.05) is 7.11 Å². The Hall–Kier alpha value is -3.79. The van der Waals surface area contributed by atoms with Crippen LogP contribution in [0.4, 0.5) is 0 Å². The van der Waals surface area contributed by atoms with Crippen LogP contribution in [0, 0.1) is 0 Å². The molecule has 5 aromatic rings. The van der Waals surface area contributed by atoms with Gasteiger partial charge >= 0.3 is 0 Å². The molecule has 4 nitrogen and oxygen atoms in total. The fourth-order valence-corrected chi connectivity index (χ4v) is 3.74. The topological polar surface area (TPSA) is 47.1 Å². The highest BCUT2D eigenvalue weighted by Crippen LogP contribution is 2.27. The molecule has 5 rings (SSSR count). The van der Waals surface area contributed by atoms with E-state index < -0.39 is 0 Å². The Labute approximate surface area is 175 Å². The maximum absolute atomic E-state index is 6.06. The third kappa shape index (κ3) is 3.72. The molecule has 2 heterocycles. The highest BCUT2D eigenvalue weighted by atomic mass is 16.5. The highest BCUT2D eigenvalue weighted by molar-refractivity contribution is 5.85. The molecule has 0 bridgehead atoms. The summed E-state index contributed by atoms with van der Waals surface area (Å²) in [6, 6.07) is 26.6. The van der Waals surface area contributed by atoms with Crippen molar-refractivity contribution in [3.05, 3.63) is 102 Å². The van der Waals surface area contributed by atoms with Gasteiger partial charge in [-0.05, 0) is 60.0 Å². The van der Waals surface area contributed by atoms with Crippen LogP contribution >= 0.6 is 0 Å². The SMILES string of the molecule is COc1cccc(Cc2c[nH]c3ccc(OCc4ccc5ccccc5n4)cc23)c1. The second-order valence-corrected chi connectivity index (χ2v) is 7.33. The summed E-state index contributed by atoms with van der Waals surface area (Å²) in [6.07, 6.45) is 2.89. The molecule has 30 heavy (non-hydrogen) atoms. The average molecular weight is 394 g/mol. The lowest BCUT2D eigenvalue weighted by Gasteiger charge is -2.08. The number of hydrogen-bond acceptors (Lipinski definition) is 3. The Morgan fingerprint density at radius 1 is 0.867 bits per heavy atom. The first-order valence-electron chi connectivity index (χ1n) is 9.99. The van der Waals surface area contributed by atoms with Crippen LogP contribution < -0.4 is 9.47 Å². The summed E-state index contributed by atoms with van der Waals surface area (Å²) in [6.45, 7) is 0.436. The standard InChI is InChI=1S/C26H22N2O2/c1-29-22-7-4-5-18(14-22)13-20-16-27-26-12-11-23(15-24(20)26)30-17-21-10-9-19-6-2-3-8-25(19)28-21/h2-12,14-16,27H,13,17H2,1H3. The van der Waals surface area contributed by atoms with Crippen molar-refractivity contribution in [1.82, 2.24) is 9.97 Å². The minimum absolute atomic E-state index is 0.436. The molecule has 0 saturated heterocycles. The summed E-state index contributed by atoms with van der Waals surface area (Å²) in [5.74, 6) is 1.71. The van der Waals surface area contributed by atoms with Gasteiger partial charge in [-0.15, -0.1) is 0 Å². The van der Waals surface area contributed by atoms with Gasteiger partial charge in [-0.25, -0.2) is 4.98 Å². The third-order valence-corrected chi connectivity index (χ3v) is 5.31.